The lowest BCUT2D eigenvalue weighted by molar-refractivity contribution is 0.436. The maximum absolute atomic E-state index is 4.52. The van der Waals surface area contributed by atoms with Crippen LogP contribution in [0.4, 0.5) is 0 Å². The van der Waals surface area contributed by atoms with Crippen molar-refractivity contribution in [3.05, 3.63) is 17.5 Å². The molecular formula is C13H21N3. The maximum Gasteiger partial charge on any atom is 0.0656 e. The van der Waals surface area contributed by atoms with E-state index in [1.54, 1.807) is 0 Å². The molecule has 1 aromatic heterocycles. The van der Waals surface area contributed by atoms with Crippen LogP contribution in [0.15, 0.2) is 6.07 Å². The SMILES string of the molecule is c1c(C2CCCCC2)n[nH]c1C1CCCN1. The Kier molecular flexibility index (Phi) is 2.96. The molecule has 88 valence electrons. The summed E-state index contributed by atoms with van der Waals surface area (Å²) >= 11 is 0. The largest absolute Gasteiger partial charge is 0.309 e. The molecule has 1 aromatic rings. The summed E-state index contributed by atoms with van der Waals surface area (Å²) in [6.07, 6.45) is 9.40. The van der Waals surface area contributed by atoms with E-state index in [1.165, 1.54) is 56.3 Å². The summed E-state index contributed by atoms with van der Waals surface area (Å²) in [5.74, 6) is 0.722. The van der Waals surface area contributed by atoms with Gasteiger partial charge < -0.3 is 5.32 Å². The van der Waals surface area contributed by atoms with Crippen LogP contribution < -0.4 is 5.32 Å². The molecule has 2 heterocycles. The summed E-state index contributed by atoms with van der Waals surface area (Å²) in [5.41, 5.74) is 2.61. The molecule has 2 N–H and O–H groups in total. The van der Waals surface area contributed by atoms with Gasteiger partial charge in [0.2, 0.25) is 0 Å². The number of hydrogen-bond acceptors (Lipinski definition) is 2. The predicted octanol–water partition coefficient (Wildman–Crippen LogP) is 2.88. The molecule has 0 aromatic carbocycles. The van der Waals surface area contributed by atoms with E-state index in [2.05, 4.69) is 21.6 Å². The smallest absolute Gasteiger partial charge is 0.0656 e. The minimum absolute atomic E-state index is 0.532. The highest BCUT2D eigenvalue weighted by Gasteiger charge is 2.22. The normalized spacial score (nSPS) is 27.4. The van der Waals surface area contributed by atoms with Crippen LogP contribution in [0.3, 0.4) is 0 Å². The lowest BCUT2D eigenvalue weighted by Gasteiger charge is -2.19. The highest BCUT2D eigenvalue weighted by atomic mass is 15.1. The van der Waals surface area contributed by atoms with E-state index in [-0.39, 0.29) is 0 Å². The van der Waals surface area contributed by atoms with Gasteiger partial charge in [-0.1, -0.05) is 19.3 Å². The molecule has 0 spiro atoms. The molecule has 1 saturated heterocycles. The molecule has 2 aliphatic rings. The molecule has 16 heavy (non-hydrogen) atoms. The van der Waals surface area contributed by atoms with Gasteiger partial charge in [0.1, 0.15) is 0 Å². The van der Waals surface area contributed by atoms with Crippen molar-refractivity contribution in [3.8, 4) is 0 Å². The van der Waals surface area contributed by atoms with E-state index in [1.807, 2.05) is 0 Å². The zero-order valence-corrected chi connectivity index (χ0v) is 9.84. The van der Waals surface area contributed by atoms with E-state index in [4.69, 9.17) is 0 Å². The van der Waals surface area contributed by atoms with Crippen molar-refractivity contribution < 1.29 is 0 Å². The summed E-state index contributed by atoms with van der Waals surface area (Å²) in [6, 6.07) is 2.84. The van der Waals surface area contributed by atoms with Gasteiger partial charge in [-0.2, -0.15) is 5.10 Å². The molecule has 3 nitrogen and oxygen atoms in total. The van der Waals surface area contributed by atoms with E-state index >= 15 is 0 Å². The van der Waals surface area contributed by atoms with Gasteiger partial charge in [-0.15, -0.1) is 0 Å². The number of rotatable bonds is 2. The minimum Gasteiger partial charge on any atom is -0.309 e. The molecule has 3 heteroatoms. The second-order valence-corrected chi connectivity index (χ2v) is 5.23. The molecule has 0 amide bonds. The quantitative estimate of drug-likeness (QED) is 0.803. The molecular weight excluding hydrogens is 198 g/mol. The van der Waals surface area contributed by atoms with E-state index in [0.29, 0.717) is 6.04 Å². The number of aromatic amines is 1. The molecule has 0 bridgehead atoms. The third-order valence-electron chi connectivity index (χ3n) is 4.08. The fraction of sp³-hybridized carbons (Fsp3) is 0.769. The van der Waals surface area contributed by atoms with Gasteiger partial charge in [0.25, 0.3) is 0 Å². The summed E-state index contributed by atoms with van der Waals surface area (Å²) in [4.78, 5) is 0. The average molecular weight is 219 g/mol. The summed E-state index contributed by atoms with van der Waals surface area (Å²) in [6.45, 7) is 1.16. The van der Waals surface area contributed by atoms with Crippen LogP contribution in [-0.4, -0.2) is 16.7 Å². The average Bonchev–Trinajstić information content (AvgIpc) is 3.01. The second kappa shape index (κ2) is 4.58. The standard InChI is InChI=1S/C13H21N3/c1-2-5-10(6-3-1)12-9-13(16-15-12)11-7-4-8-14-11/h9-11,14H,1-8H2,(H,15,16). The van der Waals surface area contributed by atoms with Crippen molar-refractivity contribution in [3.63, 3.8) is 0 Å². The molecule has 1 aliphatic carbocycles. The zero-order chi connectivity index (χ0) is 10.8. The Balaban J connectivity index is 1.71. The predicted molar refractivity (Wildman–Crippen MR) is 64.4 cm³/mol. The van der Waals surface area contributed by atoms with E-state index in [0.717, 1.165) is 12.5 Å². The first-order valence-corrected chi connectivity index (χ1v) is 6.72. The van der Waals surface area contributed by atoms with Gasteiger partial charge in [-0.25, -0.2) is 0 Å². The van der Waals surface area contributed by atoms with E-state index in [9.17, 15) is 0 Å². The Morgan fingerprint density at radius 1 is 1.06 bits per heavy atom. The van der Waals surface area contributed by atoms with Crippen LogP contribution in [0.5, 0.6) is 0 Å². The Labute approximate surface area is 97.0 Å². The van der Waals surface area contributed by atoms with E-state index < -0.39 is 0 Å². The van der Waals surface area contributed by atoms with Crippen molar-refractivity contribution in [1.29, 1.82) is 0 Å². The highest BCUT2D eigenvalue weighted by Crippen LogP contribution is 2.33. The third-order valence-corrected chi connectivity index (χ3v) is 4.08. The highest BCUT2D eigenvalue weighted by molar-refractivity contribution is 5.17. The van der Waals surface area contributed by atoms with Gasteiger partial charge in [0.15, 0.2) is 0 Å². The van der Waals surface area contributed by atoms with Gasteiger partial charge in [-0.3, -0.25) is 5.10 Å². The van der Waals surface area contributed by atoms with Crippen molar-refractivity contribution in [2.24, 2.45) is 0 Å². The number of nitrogens with zero attached hydrogens (tertiary/aromatic N) is 1. The Morgan fingerprint density at radius 3 is 2.69 bits per heavy atom. The zero-order valence-electron chi connectivity index (χ0n) is 9.84. The molecule has 2 fully saturated rings. The Hall–Kier alpha value is -0.830. The number of nitrogens with one attached hydrogen (secondary N) is 2. The Morgan fingerprint density at radius 2 is 1.94 bits per heavy atom. The van der Waals surface area contributed by atoms with Crippen molar-refractivity contribution in [2.75, 3.05) is 6.54 Å². The molecule has 1 unspecified atom stereocenters. The van der Waals surface area contributed by atoms with Crippen LogP contribution in [0.1, 0.15) is 68.3 Å². The van der Waals surface area contributed by atoms with Crippen LogP contribution in [0, 0.1) is 0 Å². The second-order valence-electron chi connectivity index (χ2n) is 5.23. The lowest BCUT2D eigenvalue weighted by Crippen LogP contribution is -2.13. The molecule has 1 saturated carbocycles. The van der Waals surface area contributed by atoms with Crippen LogP contribution in [-0.2, 0) is 0 Å². The summed E-state index contributed by atoms with van der Waals surface area (Å²) in [5, 5.41) is 11.3. The number of aromatic nitrogens is 2. The number of H-pyrrole nitrogens is 1. The van der Waals surface area contributed by atoms with Crippen molar-refractivity contribution in [2.45, 2.75) is 56.9 Å². The third kappa shape index (κ3) is 2.01. The monoisotopic (exact) mass is 219 g/mol. The summed E-state index contributed by atoms with van der Waals surface area (Å²) < 4.78 is 0. The van der Waals surface area contributed by atoms with Crippen LogP contribution in [0.2, 0.25) is 0 Å². The molecule has 3 rings (SSSR count). The first-order chi connectivity index (χ1) is 7.93. The van der Waals surface area contributed by atoms with Crippen LogP contribution >= 0.6 is 0 Å². The first-order valence-electron chi connectivity index (χ1n) is 6.72. The molecule has 0 radical (unpaired) electrons. The number of hydrogen-bond donors (Lipinski definition) is 2. The van der Waals surface area contributed by atoms with Crippen molar-refractivity contribution >= 4 is 0 Å². The first kappa shape index (κ1) is 10.3. The fourth-order valence-corrected chi connectivity index (χ4v) is 3.09. The maximum atomic E-state index is 4.52. The van der Waals surface area contributed by atoms with Gasteiger partial charge in [0.05, 0.1) is 11.4 Å². The minimum atomic E-state index is 0.532. The molecule has 1 aliphatic heterocycles. The Bertz CT molecular complexity index is 333. The van der Waals surface area contributed by atoms with Crippen LogP contribution in [0.25, 0.3) is 0 Å². The lowest BCUT2D eigenvalue weighted by atomic mass is 9.87. The topological polar surface area (TPSA) is 40.7 Å². The fourth-order valence-electron chi connectivity index (χ4n) is 3.09. The molecule has 1 atom stereocenters. The summed E-state index contributed by atoms with van der Waals surface area (Å²) in [7, 11) is 0. The van der Waals surface area contributed by atoms with Crippen molar-refractivity contribution in [1.82, 2.24) is 15.5 Å². The van der Waals surface area contributed by atoms with Gasteiger partial charge in [0, 0.05) is 12.0 Å². The van der Waals surface area contributed by atoms with Gasteiger partial charge >= 0.3 is 0 Å². The van der Waals surface area contributed by atoms with Gasteiger partial charge in [-0.05, 0) is 38.3 Å².